The Bertz CT molecular complexity index is 1150. The Hall–Kier alpha value is -3.01. The van der Waals surface area contributed by atoms with Crippen LogP contribution < -0.4 is 21.5 Å². The summed E-state index contributed by atoms with van der Waals surface area (Å²) in [4.78, 5) is 23.7. The first-order chi connectivity index (χ1) is 15.4. The van der Waals surface area contributed by atoms with Crippen LogP contribution in [0.5, 0.6) is 0 Å². The average molecular weight is 437 g/mol. The minimum absolute atomic E-state index is 0.00734. The first-order valence-electron chi connectivity index (χ1n) is 11.0. The van der Waals surface area contributed by atoms with Crippen molar-refractivity contribution in [1.82, 2.24) is 15.4 Å². The first-order valence-corrected chi connectivity index (χ1v) is 11.0. The fourth-order valence-electron chi connectivity index (χ4n) is 4.53. The molecule has 9 nitrogen and oxygen atoms in total. The van der Waals surface area contributed by atoms with Crippen LogP contribution in [-0.2, 0) is 0 Å². The number of hydrazine groups is 1. The standard InChI is InChI=1S/C23H28N6O3/c1-12-7-15(12)20-8-14-3-4-16(27-23(14)32-20)22(31)26-17-9-25-6-5-19(17)29-10-13(2)21(30)18(11-29)28-24/h3-6,8-9,12-13,15,18,21,28,30H,7,10-11,24H2,1-2H3,(H,26,31)/t12-,13-,15+,18+,21+/m0/s1. The number of hydrogen-bond donors (Lipinski definition) is 4. The van der Waals surface area contributed by atoms with Gasteiger partial charge in [-0.15, -0.1) is 0 Å². The molecular formula is C23H28N6O3. The number of piperidine rings is 1. The third-order valence-electron chi connectivity index (χ3n) is 6.63. The third kappa shape index (κ3) is 3.83. The molecule has 0 spiro atoms. The lowest BCUT2D eigenvalue weighted by Gasteiger charge is -2.41. The molecule has 1 aliphatic heterocycles. The van der Waals surface area contributed by atoms with Crippen LogP contribution in [0.3, 0.4) is 0 Å². The molecule has 3 aromatic rings. The second kappa shape index (κ2) is 8.16. The maximum atomic E-state index is 13.0. The van der Waals surface area contributed by atoms with E-state index in [1.54, 1.807) is 18.5 Å². The van der Waals surface area contributed by atoms with Gasteiger partial charge in [0.25, 0.3) is 5.91 Å². The molecule has 3 aromatic heterocycles. The van der Waals surface area contributed by atoms with Gasteiger partial charge in [-0.05, 0) is 36.6 Å². The summed E-state index contributed by atoms with van der Waals surface area (Å²) in [5.41, 5.74) is 4.84. The van der Waals surface area contributed by atoms with Crippen molar-refractivity contribution in [3.05, 3.63) is 48.1 Å². The SMILES string of the molecule is C[C@H]1CN(c2ccncc2NC(=O)c2ccc3cc([C@@H]4C[C@@H]4C)oc3n2)C[C@@H](NN)[C@@H]1O. The molecular weight excluding hydrogens is 408 g/mol. The largest absolute Gasteiger partial charge is 0.442 e. The van der Waals surface area contributed by atoms with Crippen LogP contribution in [0, 0.1) is 11.8 Å². The Kier molecular flexibility index (Phi) is 5.32. The van der Waals surface area contributed by atoms with Gasteiger partial charge in [0.15, 0.2) is 0 Å². The quantitative estimate of drug-likeness (QED) is 0.354. The maximum absolute atomic E-state index is 13.0. The van der Waals surface area contributed by atoms with Crippen LogP contribution in [0.4, 0.5) is 11.4 Å². The number of anilines is 2. The van der Waals surface area contributed by atoms with Crippen molar-refractivity contribution in [3.63, 3.8) is 0 Å². The van der Waals surface area contributed by atoms with Crippen molar-refractivity contribution in [3.8, 4) is 0 Å². The Morgan fingerprint density at radius 2 is 2.06 bits per heavy atom. The minimum Gasteiger partial charge on any atom is -0.442 e. The molecule has 168 valence electrons. The minimum atomic E-state index is -0.538. The predicted molar refractivity (Wildman–Crippen MR) is 121 cm³/mol. The Morgan fingerprint density at radius 3 is 2.81 bits per heavy atom. The summed E-state index contributed by atoms with van der Waals surface area (Å²) in [6, 6.07) is 7.16. The Labute approximate surface area is 186 Å². The van der Waals surface area contributed by atoms with Gasteiger partial charge in [0, 0.05) is 36.5 Å². The van der Waals surface area contributed by atoms with Gasteiger partial charge in [-0.3, -0.25) is 21.0 Å². The molecule has 4 heterocycles. The average Bonchev–Trinajstić information content (AvgIpc) is 3.37. The van der Waals surface area contributed by atoms with Crippen molar-refractivity contribution >= 4 is 28.4 Å². The van der Waals surface area contributed by atoms with Gasteiger partial charge in [0.05, 0.1) is 29.7 Å². The second-order valence-electron chi connectivity index (χ2n) is 9.05. The summed E-state index contributed by atoms with van der Waals surface area (Å²) in [5, 5.41) is 14.2. The highest BCUT2D eigenvalue weighted by Gasteiger charge is 2.37. The number of aliphatic hydroxyl groups is 1. The van der Waals surface area contributed by atoms with E-state index in [4.69, 9.17) is 10.3 Å². The molecule has 2 aliphatic rings. The first kappa shape index (κ1) is 20.9. The molecule has 0 aromatic carbocycles. The van der Waals surface area contributed by atoms with E-state index in [2.05, 4.69) is 32.5 Å². The Balaban J connectivity index is 1.37. The highest BCUT2D eigenvalue weighted by molar-refractivity contribution is 6.05. The summed E-state index contributed by atoms with van der Waals surface area (Å²) in [6.07, 6.45) is 3.89. The van der Waals surface area contributed by atoms with Gasteiger partial charge >= 0.3 is 0 Å². The highest BCUT2D eigenvalue weighted by Crippen LogP contribution is 2.48. The molecule has 0 radical (unpaired) electrons. The molecule has 5 rings (SSSR count). The van der Waals surface area contributed by atoms with Gasteiger partial charge in [-0.1, -0.05) is 13.8 Å². The second-order valence-corrected chi connectivity index (χ2v) is 9.05. The van der Waals surface area contributed by atoms with E-state index in [1.165, 1.54) is 0 Å². The van der Waals surface area contributed by atoms with E-state index in [1.807, 2.05) is 25.1 Å². The number of furan rings is 1. The zero-order chi connectivity index (χ0) is 22.4. The molecule has 1 aliphatic carbocycles. The monoisotopic (exact) mass is 436 g/mol. The number of nitrogens with zero attached hydrogens (tertiary/aromatic N) is 3. The Morgan fingerprint density at radius 1 is 1.25 bits per heavy atom. The molecule has 0 bridgehead atoms. The number of carbonyl (C=O) groups excluding carboxylic acids is 1. The number of amides is 1. The van der Waals surface area contributed by atoms with Crippen molar-refractivity contribution in [2.75, 3.05) is 23.3 Å². The number of carbonyl (C=O) groups is 1. The van der Waals surface area contributed by atoms with E-state index >= 15 is 0 Å². The molecule has 2 fully saturated rings. The van der Waals surface area contributed by atoms with Crippen LogP contribution in [0.15, 0.2) is 41.1 Å². The summed E-state index contributed by atoms with van der Waals surface area (Å²) in [5.74, 6) is 7.33. The third-order valence-corrected chi connectivity index (χ3v) is 6.63. The van der Waals surface area contributed by atoms with Crippen LogP contribution >= 0.6 is 0 Å². The van der Waals surface area contributed by atoms with Crippen molar-refractivity contribution in [2.45, 2.75) is 38.3 Å². The zero-order valence-corrected chi connectivity index (χ0v) is 18.2. The molecule has 1 saturated heterocycles. The van der Waals surface area contributed by atoms with E-state index in [0.29, 0.717) is 36.3 Å². The number of rotatable bonds is 5. The number of hydrogen-bond acceptors (Lipinski definition) is 8. The molecule has 9 heteroatoms. The molecule has 5 atom stereocenters. The van der Waals surface area contributed by atoms with Crippen molar-refractivity contribution in [2.24, 2.45) is 17.7 Å². The van der Waals surface area contributed by atoms with Crippen LogP contribution in [0.1, 0.15) is 42.4 Å². The normalized spacial score (nSPS) is 27.5. The highest BCUT2D eigenvalue weighted by atomic mass is 16.3. The molecule has 1 amide bonds. The number of aliphatic hydroxyl groups excluding tert-OH is 1. The molecule has 1 saturated carbocycles. The van der Waals surface area contributed by atoms with E-state index in [9.17, 15) is 9.90 Å². The number of pyridine rings is 2. The van der Waals surface area contributed by atoms with Crippen LogP contribution in [0.2, 0.25) is 0 Å². The topological polar surface area (TPSA) is 130 Å². The lowest BCUT2D eigenvalue weighted by Crippen LogP contribution is -2.59. The molecule has 0 unspecified atom stereocenters. The van der Waals surface area contributed by atoms with Crippen LogP contribution in [-0.4, -0.2) is 46.2 Å². The zero-order valence-electron chi connectivity index (χ0n) is 18.2. The number of nitrogens with two attached hydrogens (primary N) is 1. The summed E-state index contributed by atoms with van der Waals surface area (Å²) in [6.45, 7) is 5.31. The summed E-state index contributed by atoms with van der Waals surface area (Å²) in [7, 11) is 0. The van der Waals surface area contributed by atoms with E-state index in [0.717, 1.165) is 23.3 Å². The number of fused-ring (bicyclic) bond motifs is 1. The lowest BCUT2D eigenvalue weighted by atomic mass is 9.92. The molecule has 32 heavy (non-hydrogen) atoms. The van der Waals surface area contributed by atoms with Gasteiger partial charge < -0.3 is 19.7 Å². The van der Waals surface area contributed by atoms with Crippen molar-refractivity contribution in [1.29, 1.82) is 0 Å². The summed E-state index contributed by atoms with van der Waals surface area (Å²) < 4.78 is 5.91. The van der Waals surface area contributed by atoms with E-state index < -0.39 is 6.10 Å². The van der Waals surface area contributed by atoms with Gasteiger partial charge in [0.1, 0.15) is 11.5 Å². The lowest BCUT2D eigenvalue weighted by molar-refractivity contribution is 0.0643. The van der Waals surface area contributed by atoms with Gasteiger partial charge in [-0.2, -0.15) is 0 Å². The number of aromatic nitrogens is 2. The maximum Gasteiger partial charge on any atom is 0.274 e. The fourth-order valence-corrected chi connectivity index (χ4v) is 4.53. The summed E-state index contributed by atoms with van der Waals surface area (Å²) >= 11 is 0. The number of nitrogens with one attached hydrogen (secondary N) is 2. The van der Waals surface area contributed by atoms with Gasteiger partial charge in [-0.25, -0.2) is 4.98 Å². The van der Waals surface area contributed by atoms with Crippen molar-refractivity contribution < 1.29 is 14.3 Å². The van der Waals surface area contributed by atoms with Crippen LogP contribution in [0.25, 0.3) is 11.1 Å². The van der Waals surface area contributed by atoms with Gasteiger partial charge in [0.2, 0.25) is 5.71 Å². The smallest absolute Gasteiger partial charge is 0.274 e. The molecule has 5 N–H and O–H groups in total. The predicted octanol–water partition coefficient (Wildman–Crippen LogP) is 2.25. The fraction of sp³-hybridized carbons (Fsp3) is 0.435. The van der Waals surface area contributed by atoms with E-state index in [-0.39, 0.29) is 23.6 Å².